The Labute approximate surface area is 161 Å². The fourth-order valence-electron chi connectivity index (χ4n) is 2.91. The second kappa shape index (κ2) is 7.92. The first kappa shape index (κ1) is 19.1. The van der Waals surface area contributed by atoms with Gasteiger partial charge >= 0.3 is 5.97 Å². The van der Waals surface area contributed by atoms with Gasteiger partial charge in [0.15, 0.2) is 0 Å². The Balaban J connectivity index is 1.92. The van der Waals surface area contributed by atoms with Gasteiger partial charge in [-0.05, 0) is 50.5 Å². The van der Waals surface area contributed by atoms with Crippen molar-refractivity contribution in [3.63, 3.8) is 0 Å². The molecule has 3 aromatic rings. The van der Waals surface area contributed by atoms with Gasteiger partial charge in [0.1, 0.15) is 15.5 Å². The van der Waals surface area contributed by atoms with Crippen molar-refractivity contribution in [1.82, 2.24) is 9.97 Å². The summed E-state index contributed by atoms with van der Waals surface area (Å²) in [5.74, 6) is 0.116. The van der Waals surface area contributed by atoms with Crippen molar-refractivity contribution in [3.8, 4) is 0 Å². The third-order valence-corrected chi connectivity index (χ3v) is 5.60. The summed E-state index contributed by atoms with van der Waals surface area (Å²) < 4.78 is 5.07. The number of aromatic nitrogens is 2. The molecule has 142 valence electrons. The lowest BCUT2D eigenvalue weighted by Gasteiger charge is -2.14. The van der Waals surface area contributed by atoms with Crippen molar-refractivity contribution < 1.29 is 9.53 Å². The van der Waals surface area contributed by atoms with Gasteiger partial charge in [0.05, 0.1) is 18.0 Å². The van der Waals surface area contributed by atoms with Gasteiger partial charge in [0.25, 0.3) is 5.56 Å². The van der Waals surface area contributed by atoms with Crippen molar-refractivity contribution in [1.29, 1.82) is 0 Å². The number of aryl methyl sites for hydroxylation is 2. The Morgan fingerprint density at radius 1 is 1.30 bits per heavy atom. The van der Waals surface area contributed by atoms with E-state index in [1.165, 1.54) is 16.9 Å². The molecule has 0 bridgehead atoms. The molecule has 0 amide bonds. The molecule has 0 aliphatic carbocycles. The number of nitrogens with one attached hydrogen (secondary N) is 2. The average molecular weight is 385 g/mol. The van der Waals surface area contributed by atoms with E-state index in [0.29, 0.717) is 33.1 Å². The van der Waals surface area contributed by atoms with Gasteiger partial charge in [0.2, 0.25) is 0 Å². The van der Waals surface area contributed by atoms with E-state index in [2.05, 4.69) is 34.3 Å². The molecule has 2 aromatic heterocycles. The predicted molar refractivity (Wildman–Crippen MR) is 109 cm³/mol. The van der Waals surface area contributed by atoms with Gasteiger partial charge in [-0.1, -0.05) is 19.1 Å². The molecule has 27 heavy (non-hydrogen) atoms. The van der Waals surface area contributed by atoms with Crippen molar-refractivity contribution in [3.05, 3.63) is 56.4 Å². The smallest absolute Gasteiger partial charge is 0.348 e. The largest absolute Gasteiger partial charge is 0.462 e. The van der Waals surface area contributed by atoms with Gasteiger partial charge in [-0.2, -0.15) is 0 Å². The lowest BCUT2D eigenvalue weighted by molar-refractivity contribution is 0.0531. The number of nitrogens with zero attached hydrogens (tertiary/aromatic N) is 1. The number of carbonyl (C=O) groups excluding carboxylic acids is 1. The van der Waals surface area contributed by atoms with Crippen molar-refractivity contribution >= 4 is 33.2 Å². The summed E-state index contributed by atoms with van der Waals surface area (Å²) in [7, 11) is 0. The topological polar surface area (TPSA) is 84.1 Å². The highest BCUT2D eigenvalue weighted by Gasteiger charge is 2.21. The van der Waals surface area contributed by atoms with Crippen LogP contribution in [0.2, 0.25) is 0 Å². The molecule has 1 aromatic carbocycles. The van der Waals surface area contributed by atoms with Crippen LogP contribution in [-0.4, -0.2) is 22.5 Å². The van der Waals surface area contributed by atoms with E-state index >= 15 is 0 Å². The first-order valence-corrected chi connectivity index (χ1v) is 9.82. The fourth-order valence-corrected chi connectivity index (χ4v) is 3.99. The molecule has 0 spiro atoms. The maximum Gasteiger partial charge on any atom is 0.348 e. The van der Waals surface area contributed by atoms with E-state index in [4.69, 9.17) is 4.74 Å². The van der Waals surface area contributed by atoms with Crippen LogP contribution in [0.4, 0.5) is 5.69 Å². The minimum Gasteiger partial charge on any atom is -0.462 e. The molecule has 2 N–H and O–H groups in total. The van der Waals surface area contributed by atoms with Gasteiger partial charge in [-0.15, -0.1) is 11.3 Å². The number of hydrogen-bond donors (Lipinski definition) is 2. The Morgan fingerprint density at radius 2 is 2.00 bits per heavy atom. The number of anilines is 1. The minimum atomic E-state index is -0.416. The maximum atomic E-state index is 12.6. The second-order valence-corrected chi connectivity index (χ2v) is 7.32. The third-order valence-electron chi connectivity index (χ3n) is 4.44. The molecule has 0 fully saturated rings. The van der Waals surface area contributed by atoms with E-state index < -0.39 is 5.97 Å². The lowest BCUT2D eigenvalue weighted by Crippen LogP contribution is -2.17. The predicted octanol–water partition coefficient (Wildman–Crippen LogP) is 4.21. The average Bonchev–Trinajstić information content (AvgIpc) is 2.99. The highest BCUT2D eigenvalue weighted by Crippen LogP contribution is 2.28. The van der Waals surface area contributed by atoms with Crippen LogP contribution in [0.3, 0.4) is 0 Å². The summed E-state index contributed by atoms with van der Waals surface area (Å²) in [5, 5.41) is 3.80. The fraction of sp³-hybridized carbons (Fsp3) is 0.350. The second-order valence-electron chi connectivity index (χ2n) is 6.32. The molecule has 6 nitrogen and oxygen atoms in total. The summed E-state index contributed by atoms with van der Waals surface area (Å²) in [4.78, 5) is 33.1. The number of esters is 1. The first-order chi connectivity index (χ1) is 12.9. The maximum absolute atomic E-state index is 12.6. The van der Waals surface area contributed by atoms with Crippen molar-refractivity contribution in [2.24, 2.45) is 0 Å². The number of rotatable bonds is 6. The number of benzene rings is 1. The van der Waals surface area contributed by atoms with Crippen LogP contribution in [0.1, 0.15) is 53.4 Å². The van der Waals surface area contributed by atoms with E-state index in [9.17, 15) is 9.59 Å². The molecular weight excluding hydrogens is 362 g/mol. The van der Waals surface area contributed by atoms with Gasteiger partial charge < -0.3 is 15.0 Å². The SMILES string of the molecule is CCOC(=O)c1sc2nc([C@H](C)Nc3ccc(CC)cc3)[nH]c(=O)c2c1C. The first-order valence-electron chi connectivity index (χ1n) is 9.00. The van der Waals surface area contributed by atoms with Gasteiger partial charge in [-0.3, -0.25) is 4.79 Å². The Bertz CT molecular complexity index is 1020. The minimum absolute atomic E-state index is 0.192. The molecular formula is C20H23N3O3S. The van der Waals surface area contributed by atoms with Crippen molar-refractivity contribution in [2.75, 3.05) is 11.9 Å². The molecule has 3 rings (SSSR count). The highest BCUT2D eigenvalue weighted by atomic mass is 32.1. The molecule has 0 saturated carbocycles. The number of fused-ring (bicyclic) bond motifs is 1. The standard InChI is InChI=1S/C20H23N3O3S/c1-5-13-7-9-14(10-8-13)21-12(4)17-22-18(24)15-11(3)16(20(25)26-6-2)27-19(15)23-17/h7-10,12,21H,5-6H2,1-4H3,(H,22,23,24)/t12-/m0/s1. The van der Waals surface area contributed by atoms with Crippen LogP contribution < -0.4 is 10.9 Å². The highest BCUT2D eigenvalue weighted by molar-refractivity contribution is 7.20. The summed E-state index contributed by atoms with van der Waals surface area (Å²) in [5.41, 5.74) is 2.59. The summed E-state index contributed by atoms with van der Waals surface area (Å²) >= 11 is 1.20. The summed E-state index contributed by atoms with van der Waals surface area (Å²) in [6.07, 6.45) is 0.988. The summed E-state index contributed by atoms with van der Waals surface area (Å²) in [6, 6.07) is 7.98. The zero-order valence-electron chi connectivity index (χ0n) is 15.9. The number of thiophene rings is 1. The third kappa shape index (κ3) is 3.88. The van der Waals surface area contributed by atoms with Crippen LogP contribution >= 0.6 is 11.3 Å². The molecule has 7 heteroatoms. The molecule has 0 radical (unpaired) electrons. The van der Waals surface area contributed by atoms with Gasteiger partial charge in [0, 0.05) is 5.69 Å². The monoisotopic (exact) mass is 385 g/mol. The van der Waals surface area contributed by atoms with E-state index in [-0.39, 0.29) is 11.6 Å². The lowest BCUT2D eigenvalue weighted by atomic mass is 10.1. The Morgan fingerprint density at radius 3 is 2.63 bits per heavy atom. The molecule has 0 aliphatic rings. The summed E-state index contributed by atoms with van der Waals surface area (Å²) in [6.45, 7) is 7.84. The quantitative estimate of drug-likeness (QED) is 0.621. The van der Waals surface area contributed by atoms with Crippen LogP contribution in [0.25, 0.3) is 10.2 Å². The Hall–Kier alpha value is -2.67. The Kier molecular flexibility index (Phi) is 5.60. The number of H-pyrrole nitrogens is 1. The molecule has 2 heterocycles. The number of carbonyl (C=O) groups is 1. The molecule has 0 aliphatic heterocycles. The van der Waals surface area contributed by atoms with E-state index in [0.717, 1.165) is 12.1 Å². The van der Waals surface area contributed by atoms with Crippen LogP contribution in [-0.2, 0) is 11.2 Å². The zero-order chi connectivity index (χ0) is 19.6. The zero-order valence-corrected chi connectivity index (χ0v) is 16.7. The number of hydrogen-bond acceptors (Lipinski definition) is 6. The normalized spacial score (nSPS) is 12.1. The van der Waals surface area contributed by atoms with Crippen LogP contribution in [0.15, 0.2) is 29.1 Å². The van der Waals surface area contributed by atoms with Crippen LogP contribution in [0, 0.1) is 6.92 Å². The molecule has 1 atom stereocenters. The number of aromatic amines is 1. The molecule has 0 unspecified atom stereocenters. The van der Waals surface area contributed by atoms with E-state index in [1.807, 2.05) is 19.1 Å². The van der Waals surface area contributed by atoms with Crippen molar-refractivity contribution in [2.45, 2.75) is 40.2 Å². The van der Waals surface area contributed by atoms with Gasteiger partial charge in [-0.25, -0.2) is 9.78 Å². The van der Waals surface area contributed by atoms with Crippen LogP contribution in [0.5, 0.6) is 0 Å². The number of ether oxygens (including phenoxy) is 1. The van der Waals surface area contributed by atoms with E-state index in [1.54, 1.807) is 13.8 Å². The molecule has 0 saturated heterocycles.